The van der Waals surface area contributed by atoms with Gasteiger partial charge in [-0.15, -0.1) is 0 Å². The van der Waals surface area contributed by atoms with E-state index in [0.29, 0.717) is 30.5 Å². The van der Waals surface area contributed by atoms with Gasteiger partial charge in [-0.3, -0.25) is 9.69 Å². The number of nitrogens with zero attached hydrogens (tertiary/aromatic N) is 2. The number of carbonyl (C=O) groups is 1. The van der Waals surface area contributed by atoms with Gasteiger partial charge in [0.25, 0.3) is 0 Å². The average molecular weight is 448 g/mol. The van der Waals surface area contributed by atoms with Gasteiger partial charge in [0.05, 0.1) is 22.8 Å². The van der Waals surface area contributed by atoms with Crippen LogP contribution in [0, 0.1) is 0 Å². The van der Waals surface area contributed by atoms with Crippen LogP contribution in [0.2, 0.25) is 5.02 Å². The van der Waals surface area contributed by atoms with Crippen molar-refractivity contribution in [3.05, 3.63) is 52.7 Å². The van der Waals surface area contributed by atoms with Crippen LogP contribution in [0.1, 0.15) is 16.1 Å². The number of phenols is 2. The Morgan fingerprint density at radius 1 is 1.16 bits per heavy atom. The van der Waals surface area contributed by atoms with Crippen molar-refractivity contribution in [2.24, 2.45) is 0 Å². The highest BCUT2D eigenvalue weighted by molar-refractivity contribution is 6.32. The van der Waals surface area contributed by atoms with Gasteiger partial charge in [0.2, 0.25) is 0 Å². The van der Waals surface area contributed by atoms with Crippen LogP contribution in [-0.4, -0.2) is 66.0 Å². The van der Waals surface area contributed by atoms with Gasteiger partial charge in [0.1, 0.15) is 11.5 Å². The molecule has 0 saturated heterocycles. The lowest BCUT2D eigenvalue weighted by Crippen LogP contribution is -2.21. The maximum Gasteiger partial charge on any atom is 0.179 e. The number of aliphatic hydroxyl groups is 1. The topological polar surface area (TPSA) is 119 Å². The smallest absolute Gasteiger partial charge is 0.179 e. The van der Waals surface area contributed by atoms with E-state index in [4.69, 9.17) is 21.2 Å². The van der Waals surface area contributed by atoms with E-state index in [9.17, 15) is 15.0 Å². The molecule has 2 aromatic carbocycles. The quantitative estimate of drug-likeness (QED) is 0.408. The number of nitrogens with one attached hydrogen (secondary N) is 1. The van der Waals surface area contributed by atoms with Gasteiger partial charge in [0.15, 0.2) is 17.7 Å². The first-order valence-electron chi connectivity index (χ1n) is 9.50. The molecule has 9 heteroatoms. The van der Waals surface area contributed by atoms with Crippen LogP contribution in [0.15, 0.2) is 40.9 Å². The zero-order valence-electron chi connectivity index (χ0n) is 17.6. The van der Waals surface area contributed by atoms with Gasteiger partial charge in [-0.25, -0.2) is 0 Å². The Hall–Kier alpha value is -2.91. The van der Waals surface area contributed by atoms with Crippen molar-refractivity contribution >= 4 is 17.9 Å². The van der Waals surface area contributed by atoms with Crippen LogP contribution in [-0.2, 0) is 6.54 Å². The van der Waals surface area contributed by atoms with Crippen LogP contribution < -0.4 is 5.32 Å². The van der Waals surface area contributed by atoms with E-state index in [1.807, 2.05) is 50.3 Å². The minimum absolute atomic E-state index is 0.0325. The van der Waals surface area contributed by atoms with Crippen LogP contribution >= 0.6 is 11.6 Å². The summed E-state index contributed by atoms with van der Waals surface area (Å²) in [5.41, 5.74) is 2.42. The fourth-order valence-electron chi connectivity index (χ4n) is 2.92. The zero-order chi connectivity index (χ0) is 23.0. The molecule has 0 radical (unpaired) electrons. The summed E-state index contributed by atoms with van der Waals surface area (Å²) < 4.78 is 5.31. The molecule has 0 unspecified atom stereocenters. The Morgan fingerprint density at radius 2 is 1.81 bits per heavy atom. The molecule has 0 atom stereocenters. The molecule has 3 aromatic rings. The Labute approximate surface area is 185 Å². The second-order valence-electron chi connectivity index (χ2n) is 6.87. The molecule has 0 bridgehead atoms. The summed E-state index contributed by atoms with van der Waals surface area (Å²) in [7, 11) is 5.66. The number of hydrogen-bond donors (Lipinski definition) is 4. The number of halogens is 1. The highest BCUT2D eigenvalue weighted by Gasteiger charge is 2.22. The van der Waals surface area contributed by atoms with E-state index in [2.05, 4.69) is 10.5 Å². The first-order chi connectivity index (χ1) is 14.9. The van der Waals surface area contributed by atoms with E-state index in [1.165, 1.54) is 6.07 Å². The van der Waals surface area contributed by atoms with Crippen molar-refractivity contribution in [3.63, 3.8) is 0 Å². The Morgan fingerprint density at radius 3 is 2.39 bits per heavy atom. The van der Waals surface area contributed by atoms with Crippen molar-refractivity contribution in [2.45, 2.75) is 6.54 Å². The molecule has 0 aliphatic heterocycles. The average Bonchev–Trinajstić information content (AvgIpc) is 3.16. The predicted octanol–water partition coefficient (Wildman–Crippen LogP) is 3.15. The third-order valence-corrected chi connectivity index (χ3v) is 4.62. The summed E-state index contributed by atoms with van der Waals surface area (Å²) in [4.78, 5) is 13.4. The number of rotatable bonds is 7. The van der Waals surface area contributed by atoms with Crippen molar-refractivity contribution in [3.8, 4) is 33.9 Å². The molecule has 0 aliphatic carbocycles. The molecule has 0 spiro atoms. The number of hydrogen-bond acceptors (Lipinski definition) is 8. The van der Waals surface area contributed by atoms with Crippen LogP contribution in [0.4, 0.5) is 0 Å². The summed E-state index contributed by atoms with van der Waals surface area (Å²) in [5, 5.41) is 35.4. The highest BCUT2D eigenvalue weighted by Crippen LogP contribution is 2.42. The Kier molecular flexibility index (Phi) is 9.02. The van der Waals surface area contributed by atoms with Crippen molar-refractivity contribution in [1.82, 2.24) is 15.4 Å². The summed E-state index contributed by atoms with van der Waals surface area (Å²) >= 11 is 5.95. The molecule has 8 nitrogen and oxygen atoms in total. The standard InChI is InChI=1S/C20H19ClN2O5.C2H7N/c1-23(6-7-24)10-12-2-4-13(5-3-12)19-16(11-25)22-28-20(19)14-8-15(21)18(27)9-17(14)26;1-3-2/h2-5,8-9,11,24,26-27H,6-7,10H2,1H3;3H,1-2H3. The number of carbonyl (C=O) groups excluding carboxylic acids is 1. The number of benzene rings is 2. The monoisotopic (exact) mass is 447 g/mol. The molecule has 0 amide bonds. The number of aliphatic hydroxyl groups excluding tert-OH is 1. The van der Waals surface area contributed by atoms with Crippen LogP contribution in [0.3, 0.4) is 0 Å². The Bertz CT molecular complexity index is 1010. The van der Waals surface area contributed by atoms with Crippen molar-refractivity contribution < 1.29 is 24.6 Å². The first-order valence-corrected chi connectivity index (χ1v) is 9.87. The molecule has 3 rings (SSSR count). The molecule has 1 aromatic heterocycles. The molecule has 31 heavy (non-hydrogen) atoms. The van der Waals surface area contributed by atoms with Crippen molar-refractivity contribution in [1.29, 1.82) is 0 Å². The normalized spacial score (nSPS) is 10.6. The molecular formula is C22H26ClN3O5. The van der Waals surface area contributed by atoms with Gasteiger partial charge in [-0.1, -0.05) is 41.0 Å². The second-order valence-corrected chi connectivity index (χ2v) is 7.28. The van der Waals surface area contributed by atoms with Gasteiger partial charge in [-0.05, 0) is 38.3 Å². The molecule has 0 aliphatic rings. The van der Waals surface area contributed by atoms with E-state index >= 15 is 0 Å². The third-order valence-electron chi connectivity index (χ3n) is 4.32. The zero-order valence-corrected chi connectivity index (χ0v) is 18.3. The minimum atomic E-state index is -0.268. The van der Waals surface area contributed by atoms with E-state index in [1.54, 1.807) is 0 Å². The molecule has 4 N–H and O–H groups in total. The molecular weight excluding hydrogens is 422 g/mol. The lowest BCUT2D eigenvalue weighted by Gasteiger charge is -2.15. The van der Waals surface area contributed by atoms with Gasteiger partial charge < -0.3 is 25.2 Å². The lowest BCUT2D eigenvalue weighted by molar-refractivity contribution is 0.111. The lowest BCUT2D eigenvalue weighted by atomic mass is 9.98. The highest BCUT2D eigenvalue weighted by atomic mass is 35.5. The second kappa shape index (κ2) is 11.5. The van der Waals surface area contributed by atoms with E-state index in [0.717, 1.165) is 11.6 Å². The third kappa shape index (κ3) is 6.05. The first kappa shape index (κ1) is 24.4. The molecule has 1 heterocycles. The summed E-state index contributed by atoms with van der Waals surface area (Å²) in [6.45, 7) is 1.31. The fraction of sp³-hybridized carbons (Fsp3) is 0.273. The van der Waals surface area contributed by atoms with Crippen LogP contribution in [0.25, 0.3) is 22.5 Å². The Balaban J connectivity index is 0.00000107. The number of aldehydes is 1. The molecule has 0 saturated carbocycles. The predicted molar refractivity (Wildman–Crippen MR) is 120 cm³/mol. The van der Waals surface area contributed by atoms with Gasteiger partial charge in [0, 0.05) is 19.2 Å². The van der Waals surface area contributed by atoms with Crippen LogP contribution in [0.5, 0.6) is 11.5 Å². The van der Waals surface area contributed by atoms with Gasteiger partial charge in [-0.2, -0.15) is 0 Å². The minimum Gasteiger partial charge on any atom is -0.507 e. The SMILES string of the molecule is CN(CCO)Cc1ccc(-c2c(C=O)noc2-c2cc(Cl)c(O)cc2O)cc1.CNC. The summed E-state index contributed by atoms with van der Waals surface area (Å²) in [6.07, 6.45) is 0.574. The molecule has 0 fully saturated rings. The van der Waals surface area contributed by atoms with E-state index < -0.39 is 0 Å². The maximum absolute atomic E-state index is 11.5. The largest absolute Gasteiger partial charge is 0.507 e. The summed E-state index contributed by atoms with van der Waals surface area (Å²) in [6, 6.07) is 9.90. The summed E-state index contributed by atoms with van der Waals surface area (Å²) in [5.74, 6) is -0.346. The number of aromatic nitrogens is 1. The van der Waals surface area contributed by atoms with Gasteiger partial charge >= 0.3 is 0 Å². The van der Waals surface area contributed by atoms with Crippen molar-refractivity contribution in [2.75, 3.05) is 34.3 Å². The number of aromatic hydroxyl groups is 2. The maximum atomic E-state index is 11.5. The number of likely N-dealkylation sites (N-methyl/N-ethyl adjacent to an activating group) is 1. The molecule has 166 valence electrons. The van der Waals surface area contributed by atoms with E-state index in [-0.39, 0.29) is 40.1 Å². The fourth-order valence-corrected chi connectivity index (χ4v) is 3.08. The number of phenolic OH excluding ortho intramolecular Hbond substituents is 2.